The number of aryl methyl sites for hydroxylation is 2. The van der Waals surface area contributed by atoms with Crippen molar-refractivity contribution in [3.63, 3.8) is 0 Å². The maximum Gasteiger partial charge on any atom is 0.515 e. The zero-order chi connectivity index (χ0) is 46.1. The normalized spacial score (nSPS) is 20.6. The molecule has 18 heteroatoms. The molecule has 0 amide bonds. The standard InChI is InChI=1S/C47H48F2O16/c1-26-11-40-34(15-38(26)62-42(50)33-10-9-30(14-37(33)49)61-44(52)58-25-54-19-32-21-56-32)45(3,4)22-47(63-40)23-46(5,6)35-16-39(27(2)12-41(35)64-47)65-59-17-28-7-8-29(13-36(28)48)60-43(51)57-24-53-18-31-20-55-31/h7-16,31-32H,17-25H2,1-6H3. The largest absolute Gasteiger partial charge is 0.515 e. The highest BCUT2D eigenvalue weighted by atomic mass is 19.1. The van der Waals surface area contributed by atoms with Gasteiger partial charge in [-0.3, -0.25) is 0 Å². The summed E-state index contributed by atoms with van der Waals surface area (Å²) in [4.78, 5) is 48.3. The van der Waals surface area contributed by atoms with Crippen LogP contribution in [0.4, 0.5) is 18.4 Å². The number of ether oxygens (including phenoxy) is 11. The molecule has 3 atom stereocenters. The van der Waals surface area contributed by atoms with Gasteiger partial charge in [0.2, 0.25) is 0 Å². The molecule has 0 aliphatic carbocycles. The second-order valence-electron chi connectivity index (χ2n) is 17.5. The Balaban J connectivity index is 0.882. The molecule has 0 saturated carbocycles. The average molecular weight is 907 g/mol. The molecular formula is C47H48F2O16. The second-order valence-corrected chi connectivity index (χ2v) is 17.5. The summed E-state index contributed by atoms with van der Waals surface area (Å²) in [7, 11) is 0. The second kappa shape index (κ2) is 18.4. The summed E-state index contributed by atoms with van der Waals surface area (Å²) in [5.41, 5.74) is 1.59. The molecule has 0 aromatic heterocycles. The van der Waals surface area contributed by atoms with Crippen LogP contribution in [0.15, 0.2) is 60.7 Å². The number of carbonyl (C=O) groups excluding carboxylic acids is 3. The summed E-state index contributed by atoms with van der Waals surface area (Å²) in [5.74, 6) is -2.13. The van der Waals surface area contributed by atoms with Gasteiger partial charge in [-0.25, -0.2) is 23.2 Å². The number of hydrogen-bond acceptors (Lipinski definition) is 16. The molecule has 2 fully saturated rings. The third-order valence-electron chi connectivity index (χ3n) is 11.1. The van der Waals surface area contributed by atoms with Gasteiger partial charge in [0.1, 0.15) is 59.2 Å². The molecule has 2 saturated heterocycles. The van der Waals surface area contributed by atoms with E-state index in [0.29, 0.717) is 61.0 Å². The highest BCUT2D eigenvalue weighted by Gasteiger charge is 2.53. The van der Waals surface area contributed by atoms with Gasteiger partial charge < -0.3 is 57.0 Å². The van der Waals surface area contributed by atoms with Crippen LogP contribution in [-0.2, 0) is 50.7 Å². The van der Waals surface area contributed by atoms with E-state index in [1.807, 2.05) is 32.9 Å². The van der Waals surface area contributed by atoms with Gasteiger partial charge in [0.25, 0.3) is 5.79 Å². The highest BCUT2D eigenvalue weighted by Crippen LogP contribution is 2.55. The van der Waals surface area contributed by atoms with E-state index in [1.165, 1.54) is 18.2 Å². The quantitative estimate of drug-likeness (QED) is 0.0152. The SMILES string of the molecule is Cc1cc2c(cc1OOCc1ccc(OC(=O)OCOCC3CO3)cc1F)C(C)(C)CC1(CC(C)(C)c3cc(OC(=O)c4ccc(OC(=O)OCOCC5CO5)cc4F)c(C)cc3O1)O2. The Morgan fingerprint density at radius 2 is 1.17 bits per heavy atom. The molecule has 346 valence electrons. The smallest absolute Gasteiger partial charge is 0.452 e. The first-order valence-corrected chi connectivity index (χ1v) is 20.8. The third-order valence-corrected chi connectivity index (χ3v) is 11.1. The lowest BCUT2D eigenvalue weighted by atomic mass is 9.69. The van der Waals surface area contributed by atoms with E-state index in [0.717, 1.165) is 29.3 Å². The number of esters is 1. The lowest BCUT2D eigenvalue weighted by molar-refractivity contribution is -0.218. The molecule has 4 aliphatic heterocycles. The van der Waals surface area contributed by atoms with Gasteiger partial charge in [-0.2, -0.15) is 4.89 Å². The van der Waals surface area contributed by atoms with Gasteiger partial charge in [0.15, 0.2) is 19.3 Å². The topological polar surface area (TPSA) is 178 Å². The van der Waals surface area contributed by atoms with Crippen LogP contribution in [0, 0.1) is 25.5 Å². The maximum absolute atomic E-state index is 15.1. The molecular weight excluding hydrogens is 858 g/mol. The summed E-state index contributed by atoms with van der Waals surface area (Å²) in [6.45, 7) is 12.7. The van der Waals surface area contributed by atoms with E-state index in [-0.39, 0.29) is 67.4 Å². The summed E-state index contributed by atoms with van der Waals surface area (Å²) in [5, 5.41) is 0. The van der Waals surface area contributed by atoms with Gasteiger partial charge in [-0.05, 0) is 73.5 Å². The first kappa shape index (κ1) is 45.5. The van der Waals surface area contributed by atoms with Crippen molar-refractivity contribution in [2.75, 3.05) is 40.0 Å². The van der Waals surface area contributed by atoms with Crippen molar-refractivity contribution < 1.29 is 85.0 Å². The monoisotopic (exact) mass is 906 g/mol. The first-order valence-electron chi connectivity index (χ1n) is 20.8. The molecule has 65 heavy (non-hydrogen) atoms. The number of epoxide rings is 2. The van der Waals surface area contributed by atoms with E-state index >= 15 is 4.39 Å². The number of halogens is 2. The minimum absolute atomic E-state index is 0.00667. The van der Waals surface area contributed by atoms with Crippen molar-refractivity contribution in [2.45, 2.75) is 89.8 Å². The summed E-state index contributed by atoms with van der Waals surface area (Å²) >= 11 is 0. The summed E-state index contributed by atoms with van der Waals surface area (Å²) < 4.78 is 89.2. The van der Waals surface area contributed by atoms with Crippen molar-refractivity contribution in [3.05, 3.63) is 106 Å². The minimum Gasteiger partial charge on any atom is -0.452 e. The molecule has 0 N–H and O–H groups in total. The Labute approximate surface area is 372 Å². The van der Waals surface area contributed by atoms with Gasteiger partial charge >= 0.3 is 18.3 Å². The number of benzene rings is 4. The van der Waals surface area contributed by atoms with Crippen LogP contribution in [-0.4, -0.2) is 76.3 Å². The van der Waals surface area contributed by atoms with Crippen molar-refractivity contribution in [2.24, 2.45) is 0 Å². The van der Waals surface area contributed by atoms with E-state index in [2.05, 4.69) is 13.8 Å². The molecule has 4 aliphatic rings. The molecule has 0 radical (unpaired) electrons. The fourth-order valence-corrected chi connectivity index (χ4v) is 7.78. The van der Waals surface area contributed by atoms with E-state index in [1.54, 1.807) is 19.1 Å². The fraction of sp³-hybridized carbons (Fsp3) is 0.426. The maximum atomic E-state index is 15.1. The van der Waals surface area contributed by atoms with Crippen molar-refractivity contribution in [1.29, 1.82) is 0 Å². The molecule has 16 nitrogen and oxygen atoms in total. The van der Waals surface area contributed by atoms with Crippen molar-refractivity contribution in [3.8, 4) is 34.5 Å². The molecule has 4 aromatic carbocycles. The molecule has 4 aromatic rings. The predicted octanol–water partition coefficient (Wildman–Crippen LogP) is 8.60. The zero-order valence-corrected chi connectivity index (χ0v) is 36.6. The van der Waals surface area contributed by atoms with Crippen LogP contribution in [0.25, 0.3) is 0 Å². The van der Waals surface area contributed by atoms with Crippen LogP contribution in [0.3, 0.4) is 0 Å². The molecule has 4 heterocycles. The Kier molecular flexibility index (Phi) is 12.9. The number of rotatable bonds is 16. The Morgan fingerprint density at radius 3 is 1.69 bits per heavy atom. The minimum atomic E-state index is -1.10. The van der Waals surface area contributed by atoms with Gasteiger partial charge in [-0.1, -0.05) is 27.7 Å². The molecule has 1 spiro atoms. The van der Waals surface area contributed by atoms with E-state index in [9.17, 15) is 18.8 Å². The lowest BCUT2D eigenvalue weighted by Crippen LogP contribution is -2.55. The third kappa shape index (κ3) is 11.1. The fourth-order valence-electron chi connectivity index (χ4n) is 7.78. The average Bonchev–Trinajstić information content (AvgIpc) is 4.17. The van der Waals surface area contributed by atoms with Crippen LogP contribution < -0.4 is 28.6 Å². The number of carbonyl (C=O) groups is 3. The Hall–Kier alpha value is -6.05. The molecule has 0 bridgehead atoms. The highest BCUT2D eigenvalue weighted by molar-refractivity contribution is 5.91. The van der Waals surface area contributed by atoms with Crippen molar-refractivity contribution in [1.82, 2.24) is 0 Å². The van der Waals surface area contributed by atoms with E-state index < -0.39 is 46.5 Å². The summed E-state index contributed by atoms with van der Waals surface area (Å²) in [6.07, 6.45) is -1.26. The molecule has 8 rings (SSSR count). The van der Waals surface area contributed by atoms with Crippen LogP contribution >= 0.6 is 0 Å². The number of fused-ring (bicyclic) bond motifs is 2. The molecule has 3 unspecified atom stereocenters. The van der Waals surface area contributed by atoms with Gasteiger partial charge in [0.05, 0.1) is 32.0 Å². The van der Waals surface area contributed by atoms with Gasteiger partial charge in [-0.15, -0.1) is 0 Å². The first-order chi connectivity index (χ1) is 31.0. The Morgan fingerprint density at radius 1 is 0.662 bits per heavy atom. The van der Waals surface area contributed by atoms with Crippen LogP contribution in [0.5, 0.6) is 34.5 Å². The lowest BCUT2D eigenvalue weighted by Gasteiger charge is -2.51. The van der Waals surface area contributed by atoms with E-state index in [4.69, 9.17) is 61.9 Å². The zero-order valence-electron chi connectivity index (χ0n) is 36.6. The van der Waals surface area contributed by atoms with Gasteiger partial charge in [0, 0.05) is 52.5 Å². The van der Waals surface area contributed by atoms with Crippen LogP contribution in [0.1, 0.15) is 78.7 Å². The number of hydrogen-bond donors (Lipinski definition) is 0. The van der Waals surface area contributed by atoms with Crippen LogP contribution in [0.2, 0.25) is 0 Å². The Bertz CT molecular complexity index is 2460. The predicted molar refractivity (Wildman–Crippen MR) is 220 cm³/mol. The summed E-state index contributed by atoms with van der Waals surface area (Å²) in [6, 6.07) is 14.3. The van der Waals surface area contributed by atoms with Crippen molar-refractivity contribution >= 4 is 18.3 Å².